The minimum absolute atomic E-state index is 0.452. The van der Waals surface area contributed by atoms with E-state index in [2.05, 4.69) is 50.9 Å². The molecule has 7 heteroatoms. The summed E-state index contributed by atoms with van der Waals surface area (Å²) >= 11 is 1.75. The maximum atomic E-state index is 4.92. The van der Waals surface area contributed by atoms with E-state index >= 15 is 0 Å². The molecule has 0 amide bonds. The normalized spacial score (nSPS) is 17.7. The number of thiophene rings is 1. The Hall–Kier alpha value is -1.86. The van der Waals surface area contributed by atoms with E-state index in [0.717, 1.165) is 57.5 Å². The van der Waals surface area contributed by atoms with Crippen LogP contribution in [0.15, 0.2) is 38.7 Å². The Morgan fingerprint density at radius 1 is 1.36 bits per heavy atom. The first kappa shape index (κ1) is 17.9. The molecule has 6 nitrogen and oxygen atoms in total. The van der Waals surface area contributed by atoms with Crippen LogP contribution < -0.4 is 5.32 Å². The van der Waals surface area contributed by atoms with Crippen LogP contribution in [0.2, 0.25) is 0 Å². The smallest absolute Gasteiger partial charge is 0.194 e. The van der Waals surface area contributed by atoms with Crippen molar-refractivity contribution in [1.29, 1.82) is 0 Å². The molecule has 3 heterocycles. The summed E-state index contributed by atoms with van der Waals surface area (Å²) in [5, 5.41) is 11.8. The lowest BCUT2D eigenvalue weighted by Crippen LogP contribution is -2.52. The number of hydrogen-bond acceptors (Lipinski definition) is 5. The highest BCUT2D eigenvalue weighted by Crippen LogP contribution is 2.18. The zero-order chi connectivity index (χ0) is 17.5. The SMILES string of the molecule is CCNC(=NCC(C)c1ccsc1)N1CCN(Cc2ccon2)CC1. The first-order valence-corrected chi connectivity index (χ1v) is 9.87. The van der Waals surface area contributed by atoms with Gasteiger partial charge < -0.3 is 14.7 Å². The second kappa shape index (κ2) is 9.01. The maximum Gasteiger partial charge on any atom is 0.194 e. The van der Waals surface area contributed by atoms with Gasteiger partial charge in [0.15, 0.2) is 5.96 Å². The summed E-state index contributed by atoms with van der Waals surface area (Å²) in [6, 6.07) is 4.13. The van der Waals surface area contributed by atoms with Crippen LogP contribution in [0.4, 0.5) is 0 Å². The van der Waals surface area contributed by atoms with Gasteiger partial charge in [-0.15, -0.1) is 0 Å². The van der Waals surface area contributed by atoms with Crippen molar-refractivity contribution in [1.82, 2.24) is 20.3 Å². The quantitative estimate of drug-likeness (QED) is 0.633. The van der Waals surface area contributed by atoms with Gasteiger partial charge in [-0.2, -0.15) is 11.3 Å². The van der Waals surface area contributed by atoms with Crippen molar-refractivity contribution in [3.05, 3.63) is 40.4 Å². The third-order valence-electron chi connectivity index (χ3n) is 4.51. The number of guanidine groups is 1. The Balaban J connectivity index is 1.53. The van der Waals surface area contributed by atoms with E-state index in [-0.39, 0.29) is 0 Å². The topological polar surface area (TPSA) is 56.9 Å². The van der Waals surface area contributed by atoms with Crippen LogP contribution in [-0.4, -0.2) is 60.2 Å². The fourth-order valence-electron chi connectivity index (χ4n) is 2.98. The Labute approximate surface area is 153 Å². The third-order valence-corrected chi connectivity index (χ3v) is 5.21. The lowest BCUT2D eigenvalue weighted by Gasteiger charge is -2.36. The molecule has 2 aromatic rings. The second-order valence-corrected chi connectivity index (χ2v) is 7.19. The summed E-state index contributed by atoms with van der Waals surface area (Å²) < 4.78 is 4.92. The Morgan fingerprint density at radius 2 is 2.20 bits per heavy atom. The van der Waals surface area contributed by atoms with Gasteiger partial charge in [0.1, 0.15) is 6.26 Å². The minimum atomic E-state index is 0.452. The summed E-state index contributed by atoms with van der Waals surface area (Å²) in [4.78, 5) is 9.66. The Kier molecular flexibility index (Phi) is 6.47. The van der Waals surface area contributed by atoms with E-state index in [0.29, 0.717) is 5.92 Å². The molecule has 0 radical (unpaired) electrons. The molecule has 0 aromatic carbocycles. The average molecular weight is 362 g/mol. The summed E-state index contributed by atoms with van der Waals surface area (Å²) in [5.74, 6) is 1.49. The molecule has 2 aromatic heterocycles. The number of aliphatic imine (C=N–C) groups is 1. The predicted octanol–water partition coefficient (Wildman–Crippen LogP) is 2.62. The number of hydrogen-bond donors (Lipinski definition) is 1. The predicted molar refractivity (Wildman–Crippen MR) is 102 cm³/mol. The highest BCUT2D eigenvalue weighted by Gasteiger charge is 2.20. The van der Waals surface area contributed by atoms with Crippen molar-refractivity contribution in [3.8, 4) is 0 Å². The molecule has 1 N–H and O–H groups in total. The molecule has 25 heavy (non-hydrogen) atoms. The number of nitrogens with zero attached hydrogens (tertiary/aromatic N) is 4. The lowest BCUT2D eigenvalue weighted by atomic mass is 10.1. The average Bonchev–Trinajstić information content (AvgIpc) is 3.33. The zero-order valence-electron chi connectivity index (χ0n) is 15.0. The molecule has 1 saturated heterocycles. The van der Waals surface area contributed by atoms with Gasteiger partial charge >= 0.3 is 0 Å². The molecule has 3 rings (SSSR count). The van der Waals surface area contributed by atoms with Gasteiger partial charge in [-0.3, -0.25) is 9.89 Å². The molecule has 0 aliphatic carbocycles. The maximum absolute atomic E-state index is 4.92. The standard InChI is InChI=1S/C18H27N5OS/c1-3-19-18(20-12-15(2)16-5-11-25-14-16)23-8-6-22(7-9-23)13-17-4-10-24-21-17/h4-5,10-11,14-15H,3,6-9,12-13H2,1-2H3,(H,19,20). The van der Waals surface area contributed by atoms with E-state index in [9.17, 15) is 0 Å². The number of aromatic nitrogens is 1. The van der Waals surface area contributed by atoms with Crippen molar-refractivity contribution >= 4 is 17.3 Å². The van der Waals surface area contributed by atoms with Gasteiger partial charge in [0.2, 0.25) is 0 Å². The van der Waals surface area contributed by atoms with Crippen molar-refractivity contribution < 1.29 is 4.52 Å². The Morgan fingerprint density at radius 3 is 2.84 bits per heavy atom. The zero-order valence-corrected chi connectivity index (χ0v) is 15.8. The highest BCUT2D eigenvalue weighted by molar-refractivity contribution is 7.07. The van der Waals surface area contributed by atoms with Gasteiger partial charge in [0, 0.05) is 57.8 Å². The Bertz CT molecular complexity index is 632. The third kappa shape index (κ3) is 5.06. The second-order valence-electron chi connectivity index (χ2n) is 6.41. The summed E-state index contributed by atoms with van der Waals surface area (Å²) in [7, 11) is 0. The summed E-state index contributed by atoms with van der Waals surface area (Å²) in [6.07, 6.45) is 1.64. The molecule has 1 aliphatic heterocycles. The van der Waals surface area contributed by atoms with Gasteiger partial charge in [-0.1, -0.05) is 12.1 Å². The first-order chi connectivity index (χ1) is 12.3. The van der Waals surface area contributed by atoms with Crippen molar-refractivity contribution in [2.45, 2.75) is 26.3 Å². The highest BCUT2D eigenvalue weighted by atomic mass is 32.1. The van der Waals surface area contributed by atoms with E-state index in [1.165, 1.54) is 5.56 Å². The molecule has 1 atom stereocenters. The summed E-state index contributed by atoms with van der Waals surface area (Å²) in [6.45, 7) is 10.9. The number of piperazine rings is 1. The van der Waals surface area contributed by atoms with Crippen LogP contribution in [0.25, 0.3) is 0 Å². The fraction of sp³-hybridized carbons (Fsp3) is 0.556. The molecule has 0 spiro atoms. The monoisotopic (exact) mass is 361 g/mol. The van der Waals surface area contributed by atoms with Gasteiger partial charge in [-0.05, 0) is 29.3 Å². The minimum Gasteiger partial charge on any atom is -0.364 e. The first-order valence-electron chi connectivity index (χ1n) is 8.93. The van der Waals surface area contributed by atoms with Gasteiger partial charge in [0.25, 0.3) is 0 Å². The molecule has 1 unspecified atom stereocenters. The van der Waals surface area contributed by atoms with Crippen LogP contribution in [0.5, 0.6) is 0 Å². The van der Waals surface area contributed by atoms with Crippen LogP contribution in [-0.2, 0) is 6.54 Å². The number of nitrogens with one attached hydrogen (secondary N) is 1. The van der Waals surface area contributed by atoms with Crippen LogP contribution in [0, 0.1) is 0 Å². The molecular formula is C18H27N5OS. The largest absolute Gasteiger partial charge is 0.364 e. The van der Waals surface area contributed by atoms with E-state index in [1.807, 2.05) is 6.07 Å². The number of rotatable bonds is 6. The van der Waals surface area contributed by atoms with Crippen molar-refractivity contribution in [2.24, 2.45) is 4.99 Å². The molecule has 0 bridgehead atoms. The van der Waals surface area contributed by atoms with E-state index in [4.69, 9.17) is 9.52 Å². The van der Waals surface area contributed by atoms with Crippen LogP contribution in [0.3, 0.4) is 0 Å². The molecule has 0 saturated carbocycles. The lowest BCUT2D eigenvalue weighted by molar-refractivity contribution is 0.169. The molecular weight excluding hydrogens is 334 g/mol. The van der Waals surface area contributed by atoms with Gasteiger partial charge in [0.05, 0.1) is 5.69 Å². The van der Waals surface area contributed by atoms with Crippen molar-refractivity contribution in [3.63, 3.8) is 0 Å². The van der Waals surface area contributed by atoms with Crippen molar-refractivity contribution in [2.75, 3.05) is 39.3 Å². The van der Waals surface area contributed by atoms with E-state index in [1.54, 1.807) is 17.6 Å². The summed E-state index contributed by atoms with van der Waals surface area (Å²) in [5.41, 5.74) is 2.38. The van der Waals surface area contributed by atoms with Crippen LogP contribution in [0.1, 0.15) is 31.0 Å². The molecule has 1 aliphatic rings. The van der Waals surface area contributed by atoms with Gasteiger partial charge in [-0.25, -0.2) is 0 Å². The molecule has 1 fully saturated rings. The molecule has 136 valence electrons. The van der Waals surface area contributed by atoms with E-state index < -0.39 is 0 Å². The fourth-order valence-corrected chi connectivity index (χ4v) is 3.76. The van der Waals surface area contributed by atoms with Crippen LogP contribution >= 0.6 is 11.3 Å².